The Balaban J connectivity index is 2.09. The molecule has 3 N–H and O–H groups in total. The average molecular weight is 334 g/mol. The molecule has 1 atom stereocenters. The fourth-order valence-corrected chi connectivity index (χ4v) is 3.22. The SMILES string of the molecule is CC(C)C(NC(=O)O)c1nc2cc(-c3cnoc3)sc2c(=O)[nH]1. The third-order valence-electron chi connectivity index (χ3n) is 3.36. The minimum absolute atomic E-state index is 0.0668. The standard InChI is InChI=1S/C14H14N4O4S/c1-6(2)10(17-14(20)21)12-16-8-3-9(7-4-15-22-5-7)23-11(8)13(19)18-12/h3-6,10,17H,1-2H3,(H,20,21)(H,16,18,19). The van der Waals surface area contributed by atoms with Gasteiger partial charge >= 0.3 is 6.09 Å². The van der Waals surface area contributed by atoms with Crippen LogP contribution in [-0.4, -0.2) is 26.3 Å². The van der Waals surface area contributed by atoms with Crippen molar-refractivity contribution >= 4 is 27.6 Å². The summed E-state index contributed by atoms with van der Waals surface area (Å²) < 4.78 is 5.28. The van der Waals surface area contributed by atoms with Crippen molar-refractivity contribution in [3.63, 3.8) is 0 Å². The van der Waals surface area contributed by atoms with Crippen molar-refractivity contribution in [3.8, 4) is 10.4 Å². The second-order valence-electron chi connectivity index (χ2n) is 5.36. The molecule has 3 rings (SSSR count). The topological polar surface area (TPSA) is 121 Å². The van der Waals surface area contributed by atoms with E-state index >= 15 is 0 Å². The lowest BCUT2D eigenvalue weighted by molar-refractivity contribution is 0.185. The van der Waals surface area contributed by atoms with Gasteiger partial charge in [0.1, 0.15) is 16.8 Å². The summed E-state index contributed by atoms with van der Waals surface area (Å²) in [6, 6.07) is 1.17. The zero-order valence-corrected chi connectivity index (χ0v) is 13.2. The maximum Gasteiger partial charge on any atom is 0.405 e. The molecule has 3 aromatic heterocycles. The number of nitrogens with one attached hydrogen (secondary N) is 2. The summed E-state index contributed by atoms with van der Waals surface area (Å²) >= 11 is 1.28. The molecule has 0 saturated carbocycles. The van der Waals surface area contributed by atoms with Crippen molar-refractivity contribution in [2.45, 2.75) is 19.9 Å². The van der Waals surface area contributed by atoms with Crippen molar-refractivity contribution in [1.29, 1.82) is 0 Å². The average Bonchev–Trinajstić information content (AvgIpc) is 3.12. The lowest BCUT2D eigenvalue weighted by Crippen LogP contribution is -2.33. The minimum atomic E-state index is -1.16. The maximum absolute atomic E-state index is 12.3. The van der Waals surface area contributed by atoms with Crippen LogP contribution < -0.4 is 10.9 Å². The summed E-state index contributed by atoms with van der Waals surface area (Å²) in [6.45, 7) is 3.70. The van der Waals surface area contributed by atoms with Crippen LogP contribution in [0, 0.1) is 5.92 Å². The minimum Gasteiger partial charge on any atom is -0.465 e. The molecule has 0 aliphatic carbocycles. The van der Waals surface area contributed by atoms with E-state index in [1.165, 1.54) is 17.6 Å². The summed E-state index contributed by atoms with van der Waals surface area (Å²) in [4.78, 5) is 31.1. The van der Waals surface area contributed by atoms with Crippen molar-refractivity contribution in [1.82, 2.24) is 20.4 Å². The van der Waals surface area contributed by atoms with Gasteiger partial charge in [-0.1, -0.05) is 19.0 Å². The molecule has 23 heavy (non-hydrogen) atoms. The molecule has 0 spiro atoms. The van der Waals surface area contributed by atoms with Crippen LogP contribution in [0.1, 0.15) is 25.7 Å². The number of carboxylic acid groups (broad SMARTS) is 1. The number of fused-ring (bicyclic) bond motifs is 1. The Morgan fingerprint density at radius 2 is 2.26 bits per heavy atom. The molecule has 9 heteroatoms. The van der Waals surface area contributed by atoms with Gasteiger partial charge in [0.15, 0.2) is 0 Å². The third-order valence-corrected chi connectivity index (χ3v) is 4.53. The van der Waals surface area contributed by atoms with Crippen molar-refractivity contribution in [2.75, 3.05) is 0 Å². The highest BCUT2D eigenvalue weighted by Gasteiger charge is 2.22. The number of H-pyrrole nitrogens is 1. The first kappa shape index (κ1) is 15.2. The molecular formula is C14H14N4O4S. The fourth-order valence-electron chi connectivity index (χ4n) is 2.26. The van der Waals surface area contributed by atoms with E-state index in [-0.39, 0.29) is 11.5 Å². The Labute approximate surface area is 134 Å². The zero-order valence-electron chi connectivity index (χ0n) is 12.4. The Morgan fingerprint density at radius 3 is 2.87 bits per heavy atom. The summed E-state index contributed by atoms with van der Waals surface area (Å²) in [5, 5.41) is 15.0. The van der Waals surface area contributed by atoms with Crippen LogP contribution in [0.4, 0.5) is 4.79 Å². The van der Waals surface area contributed by atoms with E-state index in [4.69, 9.17) is 9.63 Å². The molecule has 0 aliphatic rings. The summed E-state index contributed by atoms with van der Waals surface area (Å²) in [5.74, 6) is 0.234. The number of nitrogens with zero attached hydrogens (tertiary/aromatic N) is 2. The number of carbonyl (C=O) groups is 1. The quantitative estimate of drug-likeness (QED) is 0.674. The molecule has 120 valence electrons. The van der Waals surface area contributed by atoms with Gasteiger partial charge < -0.3 is 19.9 Å². The largest absolute Gasteiger partial charge is 0.465 e. The lowest BCUT2D eigenvalue weighted by Gasteiger charge is -2.19. The molecule has 0 fully saturated rings. The van der Waals surface area contributed by atoms with Crippen LogP contribution in [0.25, 0.3) is 20.7 Å². The van der Waals surface area contributed by atoms with Crippen LogP contribution >= 0.6 is 11.3 Å². The smallest absolute Gasteiger partial charge is 0.405 e. The Kier molecular flexibility index (Phi) is 3.87. The van der Waals surface area contributed by atoms with Crippen molar-refractivity contribution in [3.05, 3.63) is 34.7 Å². The van der Waals surface area contributed by atoms with E-state index in [2.05, 4.69) is 20.4 Å². The van der Waals surface area contributed by atoms with Gasteiger partial charge in [-0.15, -0.1) is 11.3 Å². The van der Waals surface area contributed by atoms with Gasteiger partial charge in [0, 0.05) is 4.88 Å². The van der Waals surface area contributed by atoms with E-state index in [1.807, 2.05) is 13.8 Å². The van der Waals surface area contributed by atoms with Crippen LogP contribution in [0.2, 0.25) is 0 Å². The Bertz CT molecular complexity index is 897. The van der Waals surface area contributed by atoms with Gasteiger partial charge in [-0.05, 0) is 12.0 Å². The fraction of sp³-hybridized carbons (Fsp3) is 0.286. The zero-order chi connectivity index (χ0) is 16.6. The van der Waals surface area contributed by atoms with Gasteiger partial charge in [0.05, 0.1) is 23.3 Å². The van der Waals surface area contributed by atoms with Gasteiger partial charge in [-0.2, -0.15) is 0 Å². The summed E-state index contributed by atoms with van der Waals surface area (Å²) in [5.41, 5.74) is 0.983. The Hall–Kier alpha value is -2.68. The highest BCUT2D eigenvalue weighted by Crippen LogP contribution is 2.31. The number of thiophene rings is 1. The summed E-state index contributed by atoms with van der Waals surface area (Å²) in [6.07, 6.45) is 1.88. The van der Waals surface area contributed by atoms with Crippen LogP contribution in [0.5, 0.6) is 0 Å². The van der Waals surface area contributed by atoms with Crippen molar-refractivity contribution < 1.29 is 14.4 Å². The van der Waals surface area contributed by atoms with E-state index in [0.717, 1.165) is 10.4 Å². The van der Waals surface area contributed by atoms with Gasteiger partial charge in [-0.3, -0.25) is 4.79 Å². The van der Waals surface area contributed by atoms with Crippen LogP contribution in [-0.2, 0) is 0 Å². The van der Waals surface area contributed by atoms with E-state index < -0.39 is 12.1 Å². The molecule has 8 nitrogen and oxygen atoms in total. The van der Waals surface area contributed by atoms with Crippen LogP contribution in [0.3, 0.4) is 0 Å². The first-order valence-electron chi connectivity index (χ1n) is 6.88. The lowest BCUT2D eigenvalue weighted by atomic mass is 10.0. The number of aromatic amines is 1. The predicted octanol–water partition coefficient (Wildman–Crippen LogP) is 2.60. The molecule has 0 bridgehead atoms. The van der Waals surface area contributed by atoms with E-state index in [1.54, 1.807) is 12.3 Å². The number of rotatable bonds is 4. The van der Waals surface area contributed by atoms with Gasteiger partial charge in [0.2, 0.25) is 0 Å². The van der Waals surface area contributed by atoms with E-state index in [9.17, 15) is 9.59 Å². The molecule has 0 radical (unpaired) electrons. The molecule has 1 amide bonds. The molecule has 3 heterocycles. The van der Waals surface area contributed by atoms with Crippen LogP contribution in [0.15, 0.2) is 27.8 Å². The number of hydrogen-bond donors (Lipinski definition) is 3. The summed E-state index contributed by atoms with van der Waals surface area (Å²) in [7, 11) is 0. The Morgan fingerprint density at radius 1 is 1.48 bits per heavy atom. The molecule has 0 aromatic carbocycles. The first-order valence-corrected chi connectivity index (χ1v) is 7.70. The molecular weight excluding hydrogens is 320 g/mol. The number of hydrogen-bond acceptors (Lipinski definition) is 6. The van der Waals surface area contributed by atoms with E-state index in [0.29, 0.717) is 16.0 Å². The molecule has 0 aliphatic heterocycles. The first-order chi connectivity index (χ1) is 11.0. The number of amides is 1. The monoisotopic (exact) mass is 334 g/mol. The number of aromatic nitrogens is 3. The maximum atomic E-state index is 12.3. The highest BCUT2D eigenvalue weighted by molar-refractivity contribution is 7.22. The second-order valence-corrected chi connectivity index (χ2v) is 6.41. The van der Waals surface area contributed by atoms with Crippen molar-refractivity contribution in [2.24, 2.45) is 5.92 Å². The highest BCUT2D eigenvalue weighted by atomic mass is 32.1. The molecule has 3 aromatic rings. The molecule has 1 unspecified atom stereocenters. The van der Waals surface area contributed by atoms with Gasteiger partial charge in [-0.25, -0.2) is 9.78 Å². The third kappa shape index (κ3) is 2.95. The predicted molar refractivity (Wildman–Crippen MR) is 84.5 cm³/mol. The molecule has 0 saturated heterocycles. The second kappa shape index (κ2) is 5.84. The van der Waals surface area contributed by atoms with Gasteiger partial charge in [0.25, 0.3) is 5.56 Å². The normalized spacial score (nSPS) is 12.7.